The molecule has 11 heteroatoms. The highest BCUT2D eigenvalue weighted by molar-refractivity contribution is 6.74. The number of anilines is 1. The monoisotopic (exact) mass is 541 g/mol. The minimum absolute atomic E-state index is 0.0734. The molecule has 4 atom stereocenters. The highest BCUT2D eigenvalue weighted by Crippen LogP contribution is 2.36. The Hall–Kier alpha value is -1.60. The van der Waals surface area contributed by atoms with Crippen molar-refractivity contribution in [1.82, 2.24) is 4.90 Å². The van der Waals surface area contributed by atoms with Gasteiger partial charge in [-0.2, -0.15) is 0 Å². The fraction of sp³-hybridized carbons (Fsp3) is 0.769. The fourth-order valence-corrected chi connectivity index (χ4v) is 5.37. The van der Waals surface area contributed by atoms with Gasteiger partial charge < -0.3 is 30.2 Å². The molecule has 0 radical (unpaired) electrons. The normalized spacial score (nSPS) is 23.3. The molecule has 0 amide bonds. The zero-order valence-corrected chi connectivity index (χ0v) is 24.0. The molecule has 0 unspecified atom stereocenters. The second kappa shape index (κ2) is 14.0. The first-order chi connectivity index (χ1) is 17.3. The third kappa shape index (κ3) is 8.98. The lowest BCUT2D eigenvalue weighted by molar-refractivity contribution is -0.384. The number of unbranched alkanes of at least 4 members (excludes halogenated alkanes) is 3. The number of piperidine rings is 1. The number of nitrogens with one attached hydrogen (secondary N) is 1. The van der Waals surface area contributed by atoms with Crippen molar-refractivity contribution >= 4 is 19.7 Å². The zero-order chi connectivity index (χ0) is 27.8. The quantitative estimate of drug-likeness (QED) is 0.104. The highest BCUT2D eigenvalue weighted by atomic mass is 28.4. The van der Waals surface area contributed by atoms with E-state index in [2.05, 4.69) is 39.2 Å². The van der Waals surface area contributed by atoms with Gasteiger partial charge in [0.15, 0.2) is 8.32 Å². The van der Waals surface area contributed by atoms with Crippen LogP contribution in [-0.2, 0) is 10.8 Å². The maximum Gasteiger partial charge on any atom is 0.292 e. The van der Waals surface area contributed by atoms with Gasteiger partial charge in [-0.25, -0.2) is 0 Å². The predicted octanol–water partition coefficient (Wildman–Crippen LogP) is 2.89. The van der Waals surface area contributed by atoms with Crippen molar-refractivity contribution in [2.45, 2.75) is 95.4 Å². The topological polar surface area (TPSA) is 149 Å². The maximum absolute atomic E-state index is 11.6. The van der Waals surface area contributed by atoms with Crippen LogP contribution in [0.5, 0.6) is 0 Å². The number of hydrogen-bond acceptors (Lipinski definition) is 9. The molecule has 1 aliphatic rings. The molecule has 37 heavy (non-hydrogen) atoms. The Morgan fingerprint density at radius 3 is 2.43 bits per heavy atom. The molecule has 0 aromatic heterocycles. The van der Waals surface area contributed by atoms with Crippen molar-refractivity contribution in [1.29, 1.82) is 0 Å². The van der Waals surface area contributed by atoms with Gasteiger partial charge in [-0.15, -0.1) is 0 Å². The largest absolute Gasteiger partial charge is 0.416 e. The summed E-state index contributed by atoms with van der Waals surface area (Å²) in [4.78, 5) is 13.1. The van der Waals surface area contributed by atoms with Gasteiger partial charge in [-0.05, 0) is 55.6 Å². The number of nitro benzene ring substituents is 1. The molecule has 1 aliphatic heterocycles. The summed E-state index contributed by atoms with van der Waals surface area (Å²) >= 11 is 0. The second-order valence-electron chi connectivity index (χ2n) is 11.6. The molecule has 10 nitrogen and oxygen atoms in total. The Labute approximate surface area is 221 Å². The average Bonchev–Trinajstić information content (AvgIpc) is 2.81. The summed E-state index contributed by atoms with van der Waals surface area (Å²) in [6.07, 6.45) is 0.654. The predicted molar refractivity (Wildman–Crippen MR) is 147 cm³/mol. The van der Waals surface area contributed by atoms with Gasteiger partial charge >= 0.3 is 0 Å². The summed E-state index contributed by atoms with van der Waals surface area (Å²) in [5.74, 6) is 0. The van der Waals surface area contributed by atoms with Gasteiger partial charge in [0.05, 0.1) is 23.7 Å². The first-order valence-electron chi connectivity index (χ1n) is 13.3. The first-order valence-corrected chi connectivity index (χ1v) is 16.2. The van der Waals surface area contributed by atoms with Crippen molar-refractivity contribution in [3.63, 3.8) is 0 Å². The Balaban J connectivity index is 1.75. The van der Waals surface area contributed by atoms with Crippen molar-refractivity contribution in [2.75, 3.05) is 38.2 Å². The van der Waals surface area contributed by atoms with Crippen LogP contribution in [0.1, 0.15) is 52.0 Å². The minimum Gasteiger partial charge on any atom is -0.416 e. The maximum atomic E-state index is 11.6. The van der Waals surface area contributed by atoms with Crippen molar-refractivity contribution in [3.05, 3.63) is 33.9 Å². The van der Waals surface area contributed by atoms with Gasteiger partial charge in [0.1, 0.15) is 17.9 Å². The van der Waals surface area contributed by atoms with Crippen LogP contribution in [0.25, 0.3) is 0 Å². The van der Waals surface area contributed by atoms with Crippen LogP contribution in [0.4, 0.5) is 11.4 Å². The Kier molecular flexibility index (Phi) is 11.9. The number of benzene rings is 1. The molecule has 1 saturated heterocycles. The van der Waals surface area contributed by atoms with E-state index in [1.807, 2.05) is 11.0 Å². The number of hydrogen-bond donors (Lipinski definition) is 5. The van der Waals surface area contributed by atoms with Crippen LogP contribution >= 0.6 is 0 Å². The number of nitro groups is 1. The lowest BCUT2D eigenvalue weighted by atomic mass is 9.94. The zero-order valence-electron chi connectivity index (χ0n) is 23.0. The molecule has 1 fully saturated rings. The minimum atomic E-state index is -1.85. The van der Waals surface area contributed by atoms with E-state index in [-0.39, 0.29) is 28.8 Å². The van der Waals surface area contributed by atoms with Gasteiger partial charge in [0, 0.05) is 25.8 Å². The number of nitrogens with zero attached hydrogens (tertiary/aromatic N) is 2. The molecule has 5 N–H and O–H groups in total. The second-order valence-corrected chi connectivity index (χ2v) is 16.4. The van der Waals surface area contributed by atoms with Crippen molar-refractivity contribution in [2.24, 2.45) is 0 Å². The third-order valence-electron chi connectivity index (χ3n) is 7.82. The molecular weight excluding hydrogens is 494 g/mol. The summed E-state index contributed by atoms with van der Waals surface area (Å²) in [6, 6.07) is 4.74. The van der Waals surface area contributed by atoms with E-state index in [4.69, 9.17) is 4.43 Å². The third-order valence-corrected chi connectivity index (χ3v) is 12.4. The SMILES string of the molecule is CC(C)(C)[Si](C)(C)OCCc1ccc(NCCCCCCN2C[C@H](O)[C@@H](O)[C@H](O)[C@H]2CO)c([N+](=O)[O-])c1. The first kappa shape index (κ1) is 31.6. The van der Waals surface area contributed by atoms with Gasteiger partial charge in [0.2, 0.25) is 0 Å². The van der Waals surface area contributed by atoms with E-state index in [0.717, 1.165) is 31.2 Å². The number of rotatable bonds is 14. The molecule has 2 rings (SSSR count). The smallest absolute Gasteiger partial charge is 0.292 e. The van der Waals surface area contributed by atoms with Crippen LogP contribution in [-0.4, -0.2) is 95.8 Å². The molecule has 1 aromatic rings. The van der Waals surface area contributed by atoms with E-state index in [1.54, 1.807) is 12.1 Å². The standard InChI is InChI=1S/C26H47N3O7Si/c1-26(2,3)37(4,5)36-15-12-19-10-11-20(21(16-19)29(34)35)27-13-8-6-7-9-14-28-17-23(31)25(33)24(32)22(28)18-30/h10-11,16,22-25,27,30-33H,6-9,12-15,17-18H2,1-5H3/t22-,23+,24-,25-/m1/s1. The molecule has 0 spiro atoms. The van der Waals surface area contributed by atoms with Crippen LogP contribution in [0.2, 0.25) is 18.1 Å². The van der Waals surface area contributed by atoms with E-state index in [9.17, 15) is 30.5 Å². The highest BCUT2D eigenvalue weighted by Gasteiger charge is 2.40. The fourth-order valence-electron chi connectivity index (χ4n) is 4.33. The van der Waals surface area contributed by atoms with Crippen LogP contribution < -0.4 is 5.32 Å². The van der Waals surface area contributed by atoms with Gasteiger partial charge in [-0.3, -0.25) is 15.0 Å². The number of β-amino-alcohol motifs (C(OH)–C–C–N with tert-alkyl or cyclic N) is 1. The molecule has 212 valence electrons. The summed E-state index contributed by atoms with van der Waals surface area (Å²) in [5, 5.41) is 54.3. The van der Waals surface area contributed by atoms with Gasteiger partial charge in [-0.1, -0.05) is 39.7 Å². The van der Waals surface area contributed by atoms with E-state index >= 15 is 0 Å². The number of aliphatic hydroxyl groups is 4. The van der Waals surface area contributed by atoms with Crippen LogP contribution in [0.3, 0.4) is 0 Å². The molecule has 0 bridgehead atoms. The average molecular weight is 542 g/mol. The number of aliphatic hydroxyl groups excluding tert-OH is 4. The van der Waals surface area contributed by atoms with Crippen molar-refractivity contribution < 1.29 is 29.8 Å². The van der Waals surface area contributed by atoms with Gasteiger partial charge in [0.25, 0.3) is 5.69 Å². The molecule has 1 heterocycles. The summed E-state index contributed by atoms with van der Waals surface area (Å²) in [7, 11) is -1.85. The summed E-state index contributed by atoms with van der Waals surface area (Å²) in [5.41, 5.74) is 1.47. The summed E-state index contributed by atoms with van der Waals surface area (Å²) in [6.45, 7) is 12.7. The van der Waals surface area contributed by atoms with Crippen molar-refractivity contribution in [3.8, 4) is 0 Å². The molecule has 0 saturated carbocycles. The lowest BCUT2D eigenvalue weighted by Crippen LogP contribution is -2.62. The van der Waals surface area contributed by atoms with E-state index < -0.39 is 32.7 Å². The Morgan fingerprint density at radius 2 is 1.81 bits per heavy atom. The van der Waals surface area contributed by atoms with E-state index in [1.165, 1.54) is 0 Å². The van der Waals surface area contributed by atoms with Crippen LogP contribution in [0.15, 0.2) is 18.2 Å². The Morgan fingerprint density at radius 1 is 1.14 bits per heavy atom. The molecule has 0 aliphatic carbocycles. The Bertz CT molecular complexity index is 865. The molecular formula is C26H47N3O7Si. The van der Waals surface area contributed by atoms with Crippen LogP contribution in [0, 0.1) is 10.1 Å². The molecule has 1 aromatic carbocycles. The number of likely N-dealkylation sites (tertiary alicyclic amines) is 1. The lowest BCUT2D eigenvalue weighted by Gasteiger charge is -2.43. The summed E-state index contributed by atoms with van der Waals surface area (Å²) < 4.78 is 6.21. The van der Waals surface area contributed by atoms with E-state index in [0.29, 0.717) is 31.8 Å².